The highest BCUT2D eigenvalue weighted by Crippen LogP contribution is 2.28. The second-order valence-electron chi connectivity index (χ2n) is 6.61. The number of nitro benzene ring substituents is 1. The minimum Gasteiger partial charge on any atom is -0.452 e. The maximum Gasteiger partial charge on any atom is 0.338 e. The molecule has 10 heteroatoms. The lowest BCUT2D eigenvalue weighted by atomic mass is 9.86. The van der Waals surface area contributed by atoms with Gasteiger partial charge >= 0.3 is 12.0 Å². The van der Waals surface area contributed by atoms with Crippen molar-refractivity contribution in [3.63, 3.8) is 0 Å². The number of thioether (sulfide) groups is 1. The van der Waals surface area contributed by atoms with Crippen LogP contribution in [-0.4, -0.2) is 41.7 Å². The van der Waals surface area contributed by atoms with Crippen LogP contribution in [0, 0.1) is 16.0 Å². The SMILES string of the molecule is CSc1ccc(C(=O)OCC(=O)NC(=O)N[C@H]2CCCC[C@@H]2C)cc1[N+](=O)[O-]. The van der Waals surface area contributed by atoms with Crippen LogP contribution < -0.4 is 10.6 Å². The van der Waals surface area contributed by atoms with E-state index in [9.17, 15) is 24.5 Å². The van der Waals surface area contributed by atoms with Crippen LogP contribution in [0.4, 0.5) is 10.5 Å². The van der Waals surface area contributed by atoms with Crippen molar-refractivity contribution in [1.82, 2.24) is 10.6 Å². The van der Waals surface area contributed by atoms with E-state index in [4.69, 9.17) is 4.74 Å². The molecule has 1 saturated carbocycles. The second-order valence-corrected chi connectivity index (χ2v) is 7.46. The normalized spacial score (nSPS) is 18.8. The van der Waals surface area contributed by atoms with Gasteiger partial charge in [0.1, 0.15) is 0 Å². The quantitative estimate of drug-likeness (QED) is 0.320. The average Bonchev–Trinajstić information content (AvgIpc) is 2.67. The first-order chi connectivity index (χ1) is 13.3. The molecule has 0 aliphatic heterocycles. The summed E-state index contributed by atoms with van der Waals surface area (Å²) in [4.78, 5) is 46.7. The molecule has 2 atom stereocenters. The summed E-state index contributed by atoms with van der Waals surface area (Å²) in [6.45, 7) is 1.39. The van der Waals surface area contributed by atoms with Crippen LogP contribution in [-0.2, 0) is 9.53 Å². The van der Waals surface area contributed by atoms with Gasteiger partial charge in [-0.25, -0.2) is 9.59 Å². The van der Waals surface area contributed by atoms with Crippen molar-refractivity contribution in [3.8, 4) is 0 Å². The zero-order valence-corrected chi connectivity index (χ0v) is 16.5. The minimum absolute atomic E-state index is 0.0135. The molecule has 0 aromatic heterocycles. The Morgan fingerprint density at radius 3 is 2.64 bits per heavy atom. The lowest BCUT2D eigenvalue weighted by Crippen LogP contribution is -2.48. The van der Waals surface area contributed by atoms with Gasteiger partial charge in [0.15, 0.2) is 6.61 Å². The molecule has 3 amide bonds. The fraction of sp³-hybridized carbons (Fsp3) is 0.500. The molecular weight excluding hydrogens is 386 g/mol. The van der Waals surface area contributed by atoms with Crippen LogP contribution in [0.1, 0.15) is 43.0 Å². The summed E-state index contributed by atoms with van der Waals surface area (Å²) in [5.41, 5.74) is -0.259. The number of urea groups is 1. The summed E-state index contributed by atoms with van der Waals surface area (Å²) in [7, 11) is 0. The first kappa shape index (κ1) is 21.7. The molecule has 1 fully saturated rings. The molecule has 2 rings (SSSR count). The van der Waals surface area contributed by atoms with Crippen LogP contribution in [0.2, 0.25) is 0 Å². The van der Waals surface area contributed by atoms with Gasteiger partial charge in [0.25, 0.3) is 11.6 Å². The van der Waals surface area contributed by atoms with E-state index in [1.807, 2.05) is 0 Å². The number of hydrogen-bond acceptors (Lipinski definition) is 7. The Balaban J connectivity index is 1.85. The molecule has 0 bridgehead atoms. The van der Waals surface area contributed by atoms with Gasteiger partial charge in [-0.1, -0.05) is 19.8 Å². The summed E-state index contributed by atoms with van der Waals surface area (Å²) in [5, 5.41) is 15.9. The third-order valence-electron chi connectivity index (χ3n) is 4.63. The van der Waals surface area contributed by atoms with Crippen LogP contribution >= 0.6 is 11.8 Å². The van der Waals surface area contributed by atoms with E-state index in [2.05, 4.69) is 17.6 Å². The Morgan fingerprint density at radius 1 is 1.29 bits per heavy atom. The van der Waals surface area contributed by atoms with Crippen molar-refractivity contribution in [2.45, 2.75) is 43.5 Å². The topological polar surface area (TPSA) is 128 Å². The second kappa shape index (κ2) is 10.1. The summed E-state index contributed by atoms with van der Waals surface area (Å²) in [5.74, 6) is -1.32. The number of rotatable bonds is 6. The largest absolute Gasteiger partial charge is 0.452 e. The minimum atomic E-state index is -0.882. The number of hydrogen-bond donors (Lipinski definition) is 2. The molecule has 0 spiro atoms. The number of nitro groups is 1. The summed E-state index contributed by atoms with van der Waals surface area (Å²) in [6.07, 6.45) is 5.73. The molecule has 0 unspecified atom stereocenters. The van der Waals surface area contributed by atoms with Crippen LogP contribution in [0.5, 0.6) is 0 Å². The van der Waals surface area contributed by atoms with Gasteiger partial charge in [-0.05, 0) is 37.1 Å². The number of nitrogens with zero attached hydrogens (tertiary/aromatic N) is 1. The monoisotopic (exact) mass is 409 g/mol. The van der Waals surface area contributed by atoms with Gasteiger partial charge in [-0.3, -0.25) is 20.2 Å². The maximum absolute atomic E-state index is 12.0. The Kier molecular flexibility index (Phi) is 7.80. The molecule has 1 aromatic rings. The van der Waals surface area contributed by atoms with Gasteiger partial charge in [-0.2, -0.15) is 0 Å². The fourth-order valence-corrected chi connectivity index (χ4v) is 3.62. The Labute approximate surface area is 166 Å². The number of carbonyl (C=O) groups is 3. The molecule has 1 aromatic carbocycles. The number of nitrogens with one attached hydrogen (secondary N) is 2. The Morgan fingerprint density at radius 2 is 2.00 bits per heavy atom. The molecule has 0 saturated heterocycles. The van der Waals surface area contributed by atoms with Crippen LogP contribution in [0.25, 0.3) is 0 Å². The third-order valence-corrected chi connectivity index (χ3v) is 5.41. The number of esters is 1. The zero-order chi connectivity index (χ0) is 20.7. The van der Waals surface area contributed by atoms with E-state index in [0.29, 0.717) is 10.8 Å². The highest BCUT2D eigenvalue weighted by Gasteiger charge is 2.24. The van der Waals surface area contributed by atoms with Crippen molar-refractivity contribution < 1.29 is 24.0 Å². The number of imide groups is 1. The molecular formula is C18H23N3O6S. The van der Waals surface area contributed by atoms with Gasteiger partial charge < -0.3 is 10.1 Å². The average molecular weight is 409 g/mol. The van der Waals surface area contributed by atoms with E-state index in [-0.39, 0.29) is 17.3 Å². The summed E-state index contributed by atoms with van der Waals surface area (Å²) in [6, 6.07) is 3.32. The van der Waals surface area contributed by atoms with Gasteiger partial charge in [0.05, 0.1) is 15.4 Å². The van der Waals surface area contributed by atoms with Crippen molar-refractivity contribution in [2.24, 2.45) is 5.92 Å². The maximum atomic E-state index is 12.0. The highest BCUT2D eigenvalue weighted by molar-refractivity contribution is 7.98. The number of ether oxygens (including phenoxy) is 1. The van der Waals surface area contributed by atoms with Gasteiger partial charge in [0, 0.05) is 12.1 Å². The van der Waals surface area contributed by atoms with Crippen molar-refractivity contribution in [2.75, 3.05) is 12.9 Å². The predicted molar refractivity (Wildman–Crippen MR) is 103 cm³/mol. The standard InChI is InChI=1S/C18H23N3O6S/c1-11-5-3-4-6-13(11)19-18(24)20-16(22)10-27-17(23)12-7-8-15(28-2)14(9-12)21(25)26/h7-9,11,13H,3-6,10H2,1-2H3,(H2,19,20,22,24)/t11-,13-/m0/s1. The molecule has 1 aliphatic rings. The molecule has 0 radical (unpaired) electrons. The fourth-order valence-electron chi connectivity index (χ4n) is 3.07. The number of amides is 3. The van der Waals surface area contributed by atoms with Crippen molar-refractivity contribution >= 4 is 35.4 Å². The smallest absolute Gasteiger partial charge is 0.338 e. The Hall–Kier alpha value is -2.62. The molecule has 152 valence electrons. The van der Waals surface area contributed by atoms with Crippen molar-refractivity contribution in [1.29, 1.82) is 0 Å². The van der Waals surface area contributed by atoms with Crippen molar-refractivity contribution in [3.05, 3.63) is 33.9 Å². The molecule has 28 heavy (non-hydrogen) atoms. The van der Waals surface area contributed by atoms with E-state index in [1.165, 1.54) is 23.9 Å². The van der Waals surface area contributed by atoms with E-state index in [1.54, 1.807) is 6.26 Å². The van der Waals surface area contributed by atoms with Crippen LogP contribution in [0.15, 0.2) is 23.1 Å². The summed E-state index contributed by atoms with van der Waals surface area (Å²) < 4.78 is 4.85. The lowest BCUT2D eigenvalue weighted by Gasteiger charge is -2.29. The van der Waals surface area contributed by atoms with Gasteiger partial charge in [-0.15, -0.1) is 11.8 Å². The number of benzene rings is 1. The molecule has 0 heterocycles. The third kappa shape index (κ3) is 5.95. The van der Waals surface area contributed by atoms with Gasteiger partial charge in [0.2, 0.25) is 0 Å². The number of carbonyl (C=O) groups excluding carboxylic acids is 3. The van der Waals surface area contributed by atoms with E-state index in [0.717, 1.165) is 31.7 Å². The summed E-state index contributed by atoms with van der Waals surface area (Å²) >= 11 is 1.18. The predicted octanol–water partition coefficient (Wildman–Crippen LogP) is 2.88. The van der Waals surface area contributed by atoms with Crippen LogP contribution in [0.3, 0.4) is 0 Å². The van der Waals surface area contributed by atoms with E-state index < -0.39 is 29.4 Å². The lowest BCUT2D eigenvalue weighted by molar-refractivity contribution is -0.387. The first-order valence-corrected chi connectivity index (χ1v) is 10.1. The molecule has 1 aliphatic carbocycles. The zero-order valence-electron chi connectivity index (χ0n) is 15.7. The molecule has 9 nitrogen and oxygen atoms in total. The first-order valence-electron chi connectivity index (χ1n) is 8.91. The van der Waals surface area contributed by atoms with E-state index >= 15 is 0 Å². The highest BCUT2D eigenvalue weighted by atomic mass is 32.2. The molecule has 2 N–H and O–H groups in total. The Bertz CT molecular complexity index is 770.